The van der Waals surface area contributed by atoms with Crippen LogP contribution in [0.4, 0.5) is 14.6 Å². The van der Waals surface area contributed by atoms with Crippen LogP contribution in [0.5, 0.6) is 5.75 Å². The first-order valence-corrected chi connectivity index (χ1v) is 5.85. The highest BCUT2D eigenvalue weighted by Gasteiger charge is 2.10. The molecule has 2 rings (SSSR count). The third kappa shape index (κ3) is 3.67. The van der Waals surface area contributed by atoms with Crippen LogP contribution in [-0.4, -0.2) is 16.4 Å². The summed E-state index contributed by atoms with van der Waals surface area (Å²) in [6.45, 7) is -0.884. The molecule has 0 saturated heterocycles. The molecule has 1 N–H and O–H groups in total. The van der Waals surface area contributed by atoms with Gasteiger partial charge in [0.2, 0.25) is 0 Å². The fraction of sp³-hybridized carbons (Fsp3) is 0.308. The molecular weight excluding hydrogens is 252 g/mol. The second kappa shape index (κ2) is 5.69. The van der Waals surface area contributed by atoms with Crippen LogP contribution in [0, 0.1) is 0 Å². The van der Waals surface area contributed by atoms with Gasteiger partial charge in [-0.3, -0.25) is 4.68 Å². The molecular formula is C13H15F2N3O. The van der Waals surface area contributed by atoms with Gasteiger partial charge in [-0.15, -0.1) is 0 Å². The largest absolute Gasteiger partial charge is 0.435 e. The smallest absolute Gasteiger partial charge is 0.387 e. The zero-order valence-corrected chi connectivity index (χ0v) is 10.7. The lowest BCUT2D eigenvalue weighted by Crippen LogP contribution is -2.08. The number of rotatable bonds is 5. The quantitative estimate of drug-likeness (QED) is 0.904. The normalized spacial score (nSPS) is 12.5. The SMILES string of the molecule is CC(Nc1ccn(C)n1)c1cccc(OC(F)F)c1. The van der Waals surface area contributed by atoms with Crippen molar-refractivity contribution < 1.29 is 13.5 Å². The highest BCUT2D eigenvalue weighted by molar-refractivity contribution is 5.39. The average molecular weight is 267 g/mol. The first kappa shape index (κ1) is 13.3. The van der Waals surface area contributed by atoms with Gasteiger partial charge in [0.15, 0.2) is 0 Å². The van der Waals surface area contributed by atoms with Crippen LogP contribution < -0.4 is 10.1 Å². The summed E-state index contributed by atoms with van der Waals surface area (Å²) in [5.41, 5.74) is 0.851. The molecule has 0 bridgehead atoms. The Balaban J connectivity index is 2.08. The van der Waals surface area contributed by atoms with E-state index in [9.17, 15) is 8.78 Å². The van der Waals surface area contributed by atoms with Gasteiger partial charge in [-0.1, -0.05) is 12.1 Å². The van der Waals surface area contributed by atoms with Crippen LogP contribution in [0.2, 0.25) is 0 Å². The van der Waals surface area contributed by atoms with Crippen LogP contribution >= 0.6 is 0 Å². The fourth-order valence-corrected chi connectivity index (χ4v) is 1.76. The van der Waals surface area contributed by atoms with Gasteiger partial charge in [0.25, 0.3) is 0 Å². The molecule has 2 aromatic rings. The maximum Gasteiger partial charge on any atom is 0.387 e. The molecule has 1 heterocycles. The van der Waals surface area contributed by atoms with Gasteiger partial charge in [-0.2, -0.15) is 13.9 Å². The number of ether oxygens (including phenoxy) is 1. The van der Waals surface area contributed by atoms with E-state index in [1.54, 1.807) is 16.8 Å². The van der Waals surface area contributed by atoms with Crippen LogP contribution in [0.25, 0.3) is 0 Å². The number of alkyl halides is 2. The zero-order chi connectivity index (χ0) is 13.8. The first-order valence-electron chi connectivity index (χ1n) is 5.85. The molecule has 1 unspecified atom stereocenters. The maximum absolute atomic E-state index is 12.2. The Hall–Kier alpha value is -2.11. The van der Waals surface area contributed by atoms with Crippen molar-refractivity contribution >= 4 is 5.82 Å². The molecule has 1 atom stereocenters. The van der Waals surface area contributed by atoms with E-state index in [2.05, 4.69) is 15.2 Å². The van der Waals surface area contributed by atoms with Crippen molar-refractivity contribution in [3.8, 4) is 5.75 Å². The van der Waals surface area contributed by atoms with Gasteiger partial charge in [-0.25, -0.2) is 0 Å². The Morgan fingerprint density at radius 1 is 1.32 bits per heavy atom. The topological polar surface area (TPSA) is 39.1 Å². The Bertz CT molecular complexity index is 542. The highest BCUT2D eigenvalue weighted by Crippen LogP contribution is 2.23. The van der Waals surface area contributed by atoms with Gasteiger partial charge >= 0.3 is 6.61 Å². The average Bonchev–Trinajstić information content (AvgIpc) is 2.74. The lowest BCUT2D eigenvalue weighted by atomic mass is 10.1. The standard InChI is InChI=1S/C13H15F2N3O/c1-9(16-12-6-7-18(2)17-12)10-4-3-5-11(8-10)19-13(14)15/h3-9,13H,1-2H3,(H,16,17). The molecule has 0 spiro atoms. The summed E-state index contributed by atoms with van der Waals surface area (Å²) >= 11 is 0. The molecule has 0 aliphatic heterocycles. The van der Waals surface area contributed by atoms with E-state index >= 15 is 0 Å². The van der Waals surface area contributed by atoms with Crippen molar-refractivity contribution in [3.05, 3.63) is 42.1 Å². The summed E-state index contributed by atoms with van der Waals surface area (Å²) in [4.78, 5) is 0. The van der Waals surface area contributed by atoms with Crippen molar-refractivity contribution in [2.24, 2.45) is 7.05 Å². The van der Waals surface area contributed by atoms with E-state index in [1.165, 1.54) is 6.07 Å². The number of hydrogen-bond acceptors (Lipinski definition) is 3. The molecule has 19 heavy (non-hydrogen) atoms. The van der Waals surface area contributed by atoms with Crippen molar-refractivity contribution in [3.63, 3.8) is 0 Å². The summed E-state index contributed by atoms with van der Waals surface area (Å²) in [7, 11) is 1.83. The number of aromatic nitrogens is 2. The Morgan fingerprint density at radius 3 is 2.74 bits per heavy atom. The Kier molecular flexibility index (Phi) is 3.99. The third-order valence-electron chi connectivity index (χ3n) is 2.66. The van der Waals surface area contributed by atoms with E-state index in [4.69, 9.17) is 0 Å². The molecule has 102 valence electrons. The molecule has 1 aromatic carbocycles. The van der Waals surface area contributed by atoms with Crippen LogP contribution in [-0.2, 0) is 7.05 Å². The Morgan fingerprint density at radius 2 is 2.11 bits per heavy atom. The monoisotopic (exact) mass is 267 g/mol. The summed E-state index contributed by atoms with van der Waals surface area (Å²) < 4.78 is 30.4. The molecule has 0 amide bonds. The van der Waals surface area contributed by atoms with Crippen molar-refractivity contribution in [2.45, 2.75) is 19.6 Å². The zero-order valence-electron chi connectivity index (χ0n) is 10.7. The first-order chi connectivity index (χ1) is 9.04. The number of nitrogens with zero attached hydrogens (tertiary/aromatic N) is 2. The maximum atomic E-state index is 12.2. The minimum absolute atomic E-state index is 0.0591. The summed E-state index contributed by atoms with van der Waals surface area (Å²) in [5, 5.41) is 7.39. The number of nitrogens with one attached hydrogen (secondary N) is 1. The number of halogens is 2. The molecule has 4 nitrogen and oxygen atoms in total. The lowest BCUT2D eigenvalue weighted by molar-refractivity contribution is -0.0498. The predicted molar refractivity (Wildman–Crippen MR) is 68.3 cm³/mol. The summed E-state index contributed by atoms with van der Waals surface area (Å²) in [5.74, 6) is 0.886. The van der Waals surface area contributed by atoms with E-state index in [1.807, 2.05) is 32.3 Å². The molecule has 0 radical (unpaired) electrons. The summed E-state index contributed by atoms with van der Waals surface area (Å²) in [6.07, 6.45) is 1.82. The second-order valence-electron chi connectivity index (χ2n) is 4.19. The van der Waals surface area contributed by atoms with Gasteiger partial charge in [0, 0.05) is 19.3 Å². The van der Waals surface area contributed by atoms with Crippen LogP contribution in [0.15, 0.2) is 36.5 Å². The lowest BCUT2D eigenvalue weighted by Gasteiger charge is -2.14. The third-order valence-corrected chi connectivity index (χ3v) is 2.66. The van der Waals surface area contributed by atoms with E-state index in [0.717, 1.165) is 11.4 Å². The number of anilines is 1. The molecule has 6 heteroatoms. The van der Waals surface area contributed by atoms with E-state index < -0.39 is 6.61 Å². The van der Waals surface area contributed by atoms with Crippen LogP contribution in [0.3, 0.4) is 0 Å². The van der Waals surface area contributed by atoms with Crippen molar-refractivity contribution in [1.29, 1.82) is 0 Å². The minimum Gasteiger partial charge on any atom is -0.435 e. The van der Waals surface area contributed by atoms with E-state index in [-0.39, 0.29) is 11.8 Å². The van der Waals surface area contributed by atoms with Crippen LogP contribution in [0.1, 0.15) is 18.5 Å². The van der Waals surface area contributed by atoms with Gasteiger partial charge in [0.05, 0.1) is 6.04 Å². The van der Waals surface area contributed by atoms with E-state index in [0.29, 0.717) is 0 Å². The molecule has 0 saturated carbocycles. The molecule has 0 aliphatic rings. The predicted octanol–water partition coefficient (Wildman–Crippen LogP) is 3.19. The van der Waals surface area contributed by atoms with Crippen molar-refractivity contribution in [1.82, 2.24) is 9.78 Å². The molecule has 0 aliphatic carbocycles. The van der Waals surface area contributed by atoms with Gasteiger partial charge in [0.1, 0.15) is 11.6 Å². The second-order valence-corrected chi connectivity index (χ2v) is 4.19. The molecule has 0 fully saturated rings. The minimum atomic E-state index is -2.81. The highest BCUT2D eigenvalue weighted by atomic mass is 19.3. The van der Waals surface area contributed by atoms with Gasteiger partial charge < -0.3 is 10.1 Å². The van der Waals surface area contributed by atoms with Crippen molar-refractivity contribution in [2.75, 3.05) is 5.32 Å². The Labute approximate surface area is 110 Å². The molecule has 1 aromatic heterocycles. The van der Waals surface area contributed by atoms with Gasteiger partial charge in [-0.05, 0) is 24.6 Å². The summed E-state index contributed by atoms with van der Waals surface area (Å²) in [6, 6.07) is 8.41. The fourth-order valence-electron chi connectivity index (χ4n) is 1.76. The number of benzene rings is 1. The number of aryl methyl sites for hydroxylation is 1. The number of hydrogen-bond donors (Lipinski definition) is 1.